The van der Waals surface area contributed by atoms with Crippen LogP contribution < -0.4 is 11.5 Å². The van der Waals surface area contributed by atoms with Crippen LogP contribution in [0.15, 0.2) is 36.4 Å². The first kappa shape index (κ1) is 18.3. The molecule has 0 spiro atoms. The molecule has 0 unspecified atom stereocenters. The fourth-order valence-corrected chi connectivity index (χ4v) is 2.12. The van der Waals surface area contributed by atoms with Crippen molar-refractivity contribution < 1.29 is 4.74 Å². The summed E-state index contributed by atoms with van der Waals surface area (Å²) in [5, 5.41) is 4.20. The number of aromatic nitrogens is 3. The molecule has 0 radical (unpaired) electrons. The lowest BCUT2D eigenvalue weighted by molar-refractivity contribution is 0.133. The highest BCUT2D eigenvalue weighted by Crippen LogP contribution is 2.23. The molecule has 0 fully saturated rings. The Balaban J connectivity index is 0.00000127. The summed E-state index contributed by atoms with van der Waals surface area (Å²) in [6.07, 6.45) is 17.8. The molecular weight excluding hydrogens is 290 g/mol. The Kier molecular flexibility index (Phi) is 7.37. The second-order valence-electron chi connectivity index (χ2n) is 4.60. The standard InChI is InChI=1S/C15H21N5O.C2H2/c1-3-12(16)6-5-7-13-11(9-21-4-2)8-20-14(13)15(17)18-10-19-20;1-2/h3,5-6,8,10H,4,7,9,16H2,1-2H3,(H2,17,18,19);1-2H/b6-5-,12-3+;. The molecular formula is C17H23N5O. The van der Waals surface area contributed by atoms with Crippen molar-refractivity contribution in [3.05, 3.63) is 47.6 Å². The summed E-state index contributed by atoms with van der Waals surface area (Å²) >= 11 is 0. The third-order valence-electron chi connectivity index (χ3n) is 3.22. The summed E-state index contributed by atoms with van der Waals surface area (Å²) in [4.78, 5) is 4.07. The van der Waals surface area contributed by atoms with E-state index in [0.29, 0.717) is 25.5 Å². The maximum atomic E-state index is 5.98. The number of hydrogen-bond donors (Lipinski definition) is 2. The molecule has 122 valence electrons. The predicted octanol–water partition coefficient (Wildman–Crippen LogP) is 2.06. The molecule has 0 aliphatic heterocycles. The number of terminal acetylenes is 1. The molecule has 0 saturated carbocycles. The summed E-state index contributed by atoms with van der Waals surface area (Å²) in [6.45, 7) is 5.06. The fraction of sp³-hybridized carbons (Fsp3) is 0.294. The number of hydrogen-bond acceptors (Lipinski definition) is 5. The first-order chi connectivity index (χ1) is 11.2. The molecule has 0 saturated heterocycles. The van der Waals surface area contributed by atoms with Gasteiger partial charge in [-0.1, -0.05) is 12.2 Å². The number of nitrogen functional groups attached to an aromatic ring is 1. The van der Waals surface area contributed by atoms with E-state index < -0.39 is 0 Å². The quantitative estimate of drug-likeness (QED) is 0.629. The Labute approximate surface area is 136 Å². The molecule has 4 N–H and O–H groups in total. The smallest absolute Gasteiger partial charge is 0.151 e. The van der Waals surface area contributed by atoms with Crippen LogP contribution in [0.3, 0.4) is 0 Å². The van der Waals surface area contributed by atoms with Crippen LogP contribution in [0.2, 0.25) is 0 Å². The molecule has 23 heavy (non-hydrogen) atoms. The van der Waals surface area contributed by atoms with Gasteiger partial charge in [0, 0.05) is 24.1 Å². The van der Waals surface area contributed by atoms with Crippen molar-refractivity contribution in [3.8, 4) is 12.8 Å². The van der Waals surface area contributed by atoms with E-state index in [4.69, 9.17) is 16.2 Å². The highest BCUT2D eigenvalue weighted by atomic mass is 16.5. The van der Waals surface area contributed by atoms with Gasteiger partial charge in [0.15, 0.2) is 5.82 Å². The average Bonchev–Trinajstić information content (AvgIpc) is 2.93. The maximum absolute atomic E-state index is 5.98. The van der Waals surface area contributed by atoms with Crippen molar-refractivity contribution >= 4 is 11.3 Å². The third-order valence-corrected chi connectivity index (χ3v) is 3.22. The number of nitrogens with zero attached hydrogens (tertiary/aromatic N) is 3. The van der Waals surface area contributed by atoms with Crippen molar-refractivity contribution in [3.63, 3.8) is 0 Å². The van der Waals surface area contributed by atoms with Crippen molar-refractivity contribution in [2.45, 2.75) is 26.9 Å². The normalized spacial score (nSPS) is 11.6. The highest BCUT2D eigenvalue weighted by Gasteiger charge is 2.13. The monoisotopic (exact) mass is 313 g/mol. The van der Waals surface area contributed by atoms with Gasteiger partial charge in [-0.05, 0) is 31.9 Å². The van der Waals surface area contributed by atoms with Crippen molar-refractivity contribution in [2.24, 2.45) is 5.73 Å². The van der Waals surface area contributed by atoms with E-state index >= 15 is 0 Å². The molecule has 2 rings (SSSR count). The first-order valence-corrected chi connectivity index (χ1v) is 7.26. The van der Waals surface area contributed by atoms with Crippen LogP contribution in [0.1, 0.15) is 25.0 Å². The van der Waals surface area contributed by atoms with Crippen LogP contribution in [0.25, 0.3) is 5.52 Å². The highest BCUT2D eigenvalue weighted by molar-refractivity contribution is 5.72. The van der Waals surface area contributed by atoms with E-state index in [0.717, 1.165) is 22.3 Å². The molecule has 6 nitrogen and oxygen atoms in total. The summed E-state index contributed by atoms with van der Waals surface area (Å²) in [5.41, 5.74) is 15.4. The lowest BCUT2D eigenvalue weighted by atomic mass is 10.1. The second kappa shape index (κ2) is 9.28. The van der Waals surface area contributed by atoms with E-state index in [1.807, 2.05) is 38.3 Å². The zero-order chi connectivity index (χ0) is 17.2. The van der Waals surface area contributed by atoms with Gasteiger partial charge in [0.1, 0.15) is 11.8 Å². The number of allylic oxidation sites excluding steroid dienone is 3. The van der Waals surface area contributed by atoms with Crippen LogP contribution in [0, 0.1) is 12.8 Å². The Morgan fingerprint density at radius 3 is 2.83 bits per heavy atom. The maximum Gasteiger partial charge on any atom is 0.151 e. The van der Waals surface area contributed by atoms with Gasteiger partial charge in [-0.2, -0.15) is 5.10 Å². The minimum absolute atomic E-state index is 0.468. The summed E-state index contributed by atoms with van der Waals surface area (Å²) < 4.78 is 7.26. The SMILES string of the molecule is C#C.C/C=C(N)\C=C/Cc1c(COCC)cn2ncnc(N)c12. The number of fused-ring (bicyclic) bond motifs is 1. The molecule has 0 atom stereocenters. The molecule has 2 heterocycles. The predicted molar refractivity (Wildman–Crippen MR) is 93.4 cm³/mol. The number of rotatable bonds is 6. The summed E-state index contributed by atoms with van der Waals surface area (Å²) in [6, 6.07) is 0. The lowest BCUT2D eigenvalue weighted by Crippen LogP contribution is -2.00. The molecule has 2 aromatic rings. The molecule has 0 aromatic carbocycles. The number of nitrogens with two attached hydrogens (primary N) is 2. The number of anilines is 1. The number of ether oxygens (including phenoxy) is 1. The van der Waals surface area contributed by atoms with Gasteiger partial charge in [0.2, 0.25) is 0 Å². The Morgan fingerprint density at radius 2 is 2.17 bits per heavy atom. The van der Waals surface area contributed by atoms with Crippen LogP contribution in [0.5, 0.6) is 0 Å². The fourth-order valence-electron chi connectivity index (χ4n) is 2.12. The van der Waals surface area contributed by atoms with E-state index in [1.54, 1.807) is 4.52 Å². The molecule has 6 heteroatoms. The van der Waals surface area contributed by atoms with Gasteiger partial charge in [0.05, 0.1) is 6.61 Å². The van der Waals surface area contributed by atoms with Gasteiger partial charge in [0.25, 0.3) is 0 Å². The van der Waals surface area contributed by atoms with Crippen molar-refractivity contribution in [1.29, 1.82) is 0 Å². The molecule has 0 bridgehead atoms. The van der Waals surface area contributed by atoms with E-state index in [2.05, 4.69) is 22.9 Å². The molecule has 0 amide bonds. The van der Waals surface area contributed by atoms with Crippen LogP contribution in [0.4, 0.5) is 5.82 Å². The Hall–Kier alpha value is -2.78. The van der Waals surface area contributed by atoms with Crippen molar-refractivity contribution in [2.75, 3.05) is 12.3 Å². The minimum Gasteiger partial charge on any atom is -0.399 e. The molecule has 0 aliphatic rings. The second-order valence-corrected chi connectivity index (χ2v) is 4.60. The molecule has 2 aromatic heterocycles. The van der Waals surface area contributed by atoms with E-state index in [1.165, 1.54) is 6.33 Å². The summed E-state index contributed by atoms with van der Waals surface area (Å²) in [5.74, 6) is 0.468. The van der Waals surface area contributed by atoms with Gasteiger partial charge < -0.3 is 16.2 Å². The Bertz CT molecular complexity index is 712. The topological polar surface area (TPSA) is 91.5 Å². The zero-order valence-electron chi connectivity index (χ0n) is 13.6. The van der Waals surface area contributed by atoms with Gasteiger partial charge in [-0.15, -0.1) is 12.8 Å². The lowest BCUT2D eigenvalue weighted by Gasteiger charge is -2.03. The summed E-state index contributed by atoms with van der Waals surface area (Å²) in [7, 11) is 0. The minimum atomic E-state index is 0.468. The van der Waals surface area contributed by atoms with E-state index in [-0.39, 0.29) is 0 Å². The van der Waals surface area contributed by atoms with Crippen LogP contribution in [-0.4, -0.2) is 21.2 Å². The third kappa shape index (κ3) is 4.59. The van der Waals surface area contributed by atoms with E-state index in [9.17, 15) is 0 Å². The van der Waals surface area contributed by atoms with Gasteiger partial charge in [-0.3, -0.25) is 0 Å². The molecule has 0 aliphatic carbocycles. The van der Waals surface area contributed by atoms with Crippen LogP contribution in [-0.2, 0) is 17.8 Å². The van der Waals surface area contributed by atoms with Gasteiger partial charge in [-0.25, -0.2) is 9.50 Å². The zero-order valence-corrected chi connectivity index (χ0v) is 13.6. The average molecular weight is 313 g/mol. The largest absolute Gasteiger partial charge is 0.399 e. The van der Waals surface area contributed by atoms with Crippen LogP contribution >= 0.6 is 0 Å². The van der Waals surface area contributed by atoms with Gasteiger partial charge >= 0.3 is 0 Å². The Morgan fingerprint density at radius 1 is 1.43 bits per heavy atom. The van der Waals surface area contributed by atoms with Crippen molar-refractivity contribution in [1.82, 2.24) is 14.6 Å². The first-order valence-electron chi connectivity index (χ1n) is 7.26.